The normalized spacial score (nSPS) is 18.2. The molecule has 0 bridgehead atoms. The number of thioether (sulfide) groups is 1. The summed E-state index contributed by atoms with van der Waals surface area (Å²) in [5, 5.41) is 10.7. The van der Waals surface area contributed by atoms with Gasteiger partial charge >= 0.3 is 5.51 Å². The summed E-state index contributed by atoms with van der Waals surface area (Å²) >= 11 is -0.330. The Morgan fingerprint density at radius 3 is 2.38 bits per heavy atom. The van der Waals surface area contributed by atoms with E-state index in [1.54, 1.807) is 9.80 Å². The van der Waals surface area contributed by atoms with Gasteiger partial charge in [-0.25, -0.2) is 4.98 Å². The minimum absolute atomic E-state index is 0.183. The first-order valence-corrected chi connectivity index (χ1v) is 15.9. The zero-order valence-corrected chi connectivity index (χ0v) is 26.8. The second kappa shape index (κ2) is 15.9. The number of anilines is 1. The Hall–Kier alpha value is -3.91. The highest BCUT2D eigenvalue weighted by Crippen LogP contribution is 2.42. The van der Waals surface area contributed by atoms with Crippen LogP contribution in [-0.2, 0) is 4.79 Å². The molecule has 2 aromatic rings. The van der Waals surface area contributed by atoms with E-state index in [0.29, 0.717) is 44.0 Å². The number of carbonyl (C=O) groups is 2. The quantitative estimate of drug-likeness (QED) is 0.202. The van der Waals surface area contributed by atoms with Gasteiger partial charge in [0.2, 0.25) is 5.91 Å². The van der Waals surface area contributed by atoms with Crippen LogP contribution in [0.2, 0.25) is 0 Å². The molecular formula is C34H41F3N4O3S. The molecule has 1 N–H and O–H groups in total. The number of hydrogen-bond acceptors (Lipinski definition) is 6. The van der Waals surface area contributed by atoms with Gasteiger partial charge in [-0.2, -0.15) is 13.2 Å². The van der Waals surface area contributed by atoms with Crippen LogP contribution in [0.3, 0.4) is 0 Å². The largest absolute Gasteiger partial charge is 0.506 e. The van der Waals surface area contributed by atoms with Crippen molar-refractivity contribution in [1.29, 1.82) is 0 Å². The van der Waals surface area contributed by atoms with Crippen molar-refractivity contribution in [3.8, 4) is 18.6 Å². The van der Waals surface area contributed by atoms with Crippen LogP contribution in [0, 0.1) is 12.8 Å². The number of hydrogen-bond donors (Lipinski definition) is 1. The van der Waals surface area contributed by atoms with Gasteiger partial charge in [0.05, 0.1) is 17.3 Å². The molecule has 11 heteroatoms. The molecule has 1 saturated carbocycles. The lowest BCUT2D eigenvalue weighted by atomic mass is 9.80. The Morgan fingerprint density at radius 2 is 1.82 bits per heavy atom. The van der Waals surface area contributed by atoms with Gasteiger partial charge in [0.25, 0.3) is 5.91 Å². The van der Waals surface area contributed by atoms with E-state index in [-0.39, 0.29) is 46.5 Å². The maximum absolute atomic E-state index is 13.7. The molecule has 1 aromatic carbocycles. The number of amides is 2. The number of fused-ring (bicyclic) bond motifs is 1. The van der Waals surface area contributed by atoms with Crippen molar-refractivity contribution in [3.05, 3.63) is 71.6 Å². The zero-order chi connectivity index (χ0) is 33.3. The van der Waals surface area contributed by atoms with Crippen LogP contribution in [0.5, 0.6) is 5.75 Å². The summed E-state index contributed by atoms with van der Waals surface area (Å²) < 4.78 is 38.3. The van der Waals surface area contributed by atoms with Crippen molar-refractivity contribution in [2.45, 2.75) is 74.9 Å². The number of halogens is 3. The summed E-state index contributed by atoms with van der Waals surface area (Å²) in [5.74, 6) is 0.121. The van der Waals surface area contributed by atoms with Gasteiger partial charge in [-0.05, 0) is 73.1 Å². The van der Waals surface area contributed by atoms with Crippen LogP contribution < -0.4 is 4.90 Å². The number of terminal acetylenes is 1. The van der Waals surface area contributed by atoms with Crippen LogP contribution in [0.25, 0.3) is 0 Å². The van der Waals surface area contributed by atoms with Gasteiger partial charge in [0, 0.05) is 56.8 Å². The Bertz CT molecular complexity index is 1400. The molecule has 7 nitrogen and oxygen atoms in total. The molecule has 1 aliphatic carbocycles. The first-order chi connectivity index (χ1) is 21.6. The average Bonchev–Trinajstić information content (AvgIpc) is 3.24. The van der Waals surface area contributed by atoms with E-state index in [1.165, 1.54) is 30.8 Å². The lowest BCUT2D eigenvalue weighted by Crippen LogP contribution is -2.51. The van der Waals surface area contributed by atoms with Gasteiger partial charge in [-0.1, -0.05) is 32.9 Å². The Kier molecular flexibility index (Phi) is 12.6. The third-order valence-electron chi connectivity index (χ3n) is 8.30. The summed E-state index contributed by atoms with van der Waals surface area (Å²) in [4.78, 5) is 35.5. The first-order valence-electron chi connectivity index (χ1n) is 15.1. The number of nitrogens with zero attached hydrogens (tertiary/aromatic N) is 4. The van der Waals surface area contributed by atoms with Gasteiger partial charge in [0.1, 0.15) is 10.8 Å². The average molecular weight is 643 g/mol. The molecule has 5 rings (SSSR count). The van der Waals surface area contributed by atoms with E-state index in [9.17, 15) is 27.9 Å². The van der Waals surface area contributed by atoms with Gasteiger partial charge < -0.3 is 19.8 Å². The number of likely N-dealkylation sites (tertiary alicyclic amines) is 1. The lowest BCUT2D eigenvalue weighted by molar-refractivity contribution is -0.126. The molecule has 3 aliphatic rings. The first kappa shape index (κ1) is 35.6. The molecule has 0 spiro atoms. The minimum Gasteiger partial charge on any atom is -0.506 e. The summed E-state index contributed by atoms with van der Waals surface area (Å²) in [6.45, 7) is 8.73. The fourth-order valence-electron chi connectivity index (χ4n) is 5.98. The van der Waals surface area contributed by atoms with Crippen molar-refractivity contribution < 1.29 is 27.9 Å². The fourth-order valence-corrected chi connectivity index (χ4v) is 6.45. The van der Waals surface area contributed by atoms with Crippen LogP contribution in [0.15, 0.2) is 65.5 Å². The van der Waals surface area contributed by atoms with Crippen molar-refractivity contribution >= 4 is 29.3 Å². The number of aromatic nitrogens is 1. The number of benzene rings is 1. The van der Waals surface area contributed by atoms with E-state index in [0.717, 1.165) is 29.7 Å². The maximum atomic E-state index is 13.7. The van der Waals surface area contributed by atoms with E-state index in [2.05, 4.69) is 30.5 Å². The number of carbonyl (C=O) groups excluding carboxylic acids is 2. The molecule has 242 valence electrons. The summed E-state index contributed by atoms with van der Waals surface area (Å²) in [5.41, 5.74) is -0.467. The van der Waals surface area contributed by atoms with Crippen LogP contribution in [-0.4, -0.2) is 69.9 Å². The van der Waals surface area contributed by atoms with Crippen LogP contribution in [0.4, 0.5) is 18.9 Å². The molecule has 1 atom stereocenters. The second-order valence-corrected chi connectivity index (χ2v) is 11.8. The number of rotatable bonds is 6. The summed E-state index contributed by atoms with van der Waals surface area (Å²) in [6.07, 6.45) is 15.8. The van der Waals surface area contributed by atoms with Crippen LogP contribution >= 0.6 is 11.8 Å². The molecule has 1 aromatic heterocycles. The lowest BCUT2D eigenvalue weighted by Gasteiger charge is -2.42. The Morgan fingerprint density at radius 1 is 1.11 bits per heavy atom. The third kappa shape index (κ3) is 8.42. The van der Waals surface area contributed by atoms with Crippen LogP contribution in [0.1, 0.15) is 74.2 Å². The molecule has 0 radical (unpaired) electrons. The highest BCUT2D eigenvalue weighted by molar-refractivity contribution is 8.00. The summed E-state index contributed by atoms with van der Waals surface area (Å²) in [7, 11) is 1.91. The minimum atomic E-state index is -4.47. The monoisotopic (exact) mass is 642 g/mol. The second-order valence-electron chi connectivity index (χ2n) is 10.7. The molecule has 1 unspecified atom stereocenters. The molecule has 2 fully saturated rings. The third-order valence-corrected chi connectivity index (χ3v) is 8.98. The van der Waals surface area contributed by atoms with E-state index < -0.39 is 11.6 Å². The molecule has 2 amide bonds. The Balaban J connectivity index is 0.00000133. The van der Waals surface area contributed by atoms with E-state index in [1.807, 2.05) is 37.9 Å². The zero-order valence-electron chi connectivity index (χ0n) is 26.0. The molecule has 3 heterocycles. The van der Waals surface area contributed by atoms with Gasteiger partial charge in [-0.3, -0.25) is 9.59 Å². The number of pyridine rings is 1. The topological polar surface area (TPSA) is 77.0 Å². The Labute approximate surface area is 268 Å². The van der Waals surface area contributed by atoms with Crippen molar-refractivity contribution in [2.24, 2.45) is 0 Å². The standard InChI is InChI=1S/C30H33F3N4O3S.C2H6.C2H2/c1-3-28(39)36-14-5-8-22-23(35(2)24-11-9-20(16-26(24)38)19-6-4-7-19)13-15-37(25(22)18-36)29(40)21-10-12-27(34-17-21)41-30(31,32)33;2*1-2/h3,9-12,16-17,19,25,38H,1,4-8,13-15,18H2,2H3;1-2H3;1-2H. The highest BCUT2D eigenvalue weighted by atomic mass is 32.2. The summed E-state index contributed by atoms with van der Waals surface area (Å²) in [6, 6.07) is 7.98. The van der Waals surface area contributed by atoms with Gasteiger partial charge in [0.15, 0.2) is 0 Å². The molecule has 2 aliphatic heterocycles. The number of phenols is 1. The van der Waals surface area contributed by atoms with Crippen molar-refractivity contribution in [1.82, 2.24) is 14.8 Å². The highest BCUT2D eigenvalue weighted by Gasteiger charge is 2.38. The number of aromatic hydroxyl groups is 1. The SMILES string of the molecule is C#C.C=CC(=O)N1CCCC2=C(N(C)c3ccc(C4CCC4)cc3O)CCN(C(=O)c3ccc(SC(F)(F)F)nc3)C2C1.CC. The predicted molar refractivity (Wildman–Crippen MR) is 173 cm³/mol. The van der Waals surface area contributed by atoms with Crippen molar-refractivity contribution in [3.63, 3.8) is 0 Å². The predicted octanol–water partition coefficient (Wildman–Crippen LogP) is 7.36. The van der Waals surface area contributed by atoms with Gasteiger partial charge in [-0.15, -0.1) is 12.8 Å². The molecule has 1 saturated heterocycles. The maximum Gasteiger partial charge on any atom is 0.447 e. The molecule has 45 heavy (non-hydrogen) atoms. The number of phenolic OH excluding ortho intramolecular Hbond substituents is 1. The fraction of sp³-hybridized carbons (Fsp3) is 0.441. The van der Waals surface area contributed by atoms with E-state index in [4.69, 9.17) is 0 Å². The molecular weight excluding hydrogens is 601 g/mol. The smallest absolute Gasteiger partial charge is 0.447 e. The van der Waals surface area contributed by atoms with Crippen molar-refractivity contribution in [2.75, 3.05) is 31.6 Å². The number of alkyl halides is 3. The van der Waals surface area contributed by atoms with E-state index >= 15 is 0 Å².